The molecule has 9 heteroatoms. The number of methoxy groups -OCH3 is 2. The number of nitrogens with zero attached hydrogens (tertiary/aromatic N) is 1. The molecule has 3 aromatic rings. The minimum atomic E-state index is -0.763. The molecule has 0 radical (unpaired) electrons. The largest absolute Gasteiger partial charge is 0.493 e. The Bertz CT molecular complexity index is 1210. The number of carbonyl (C=O) groups is 3. The number of fused-ring (bicyclic) bond motifs is 1. The maximum Gasteiger partial charge on any atom is 0.340 e. The average molecular weight is 481 g/mol. The van der Waals surface area contributed by atoms with Crippen molar-refractivity contribution in [2.75, 3.05) is 37.6 Å². The predicted molar refractivity (Wildman–Crippen MR) is 129 cm³/mol. The minimum absolute atomic E-state index is 0.0504. The van der Waals surface area contributed by atoms with Crippen LogP contribution in [-0.4, -0.2) is 45.2 Å². The second-order valence-corrected chi connectivity index (χ2v) is 8.49. The number of hydrogen-bond acceptors (Lipinski definition) is 7. The Hall–Kier alpha value is -3.85. The first-order valence-electron chi connectivity index (χ1n) is 10.7. The van der Waals surface area contributed by atoms with E-state index in [1.165, 1.54) is 37.7 Å². The normalized spacial score (nSPS) is 12.5. The highest BCUT2D eigenvalue weighted by atomic mass is 32.1. The van der Waals surface area contributed by atoms with Crippen LogP contribution in [0.1, 0.15) is 32.0 Å². The molecule has 2 aromatic carbocycles. The number of hydrogen-bond donors (Lipinski definition) is 1. The van der Waals surface area contributed by atoms with E-state index < -0.39 is 12.6 Å². The highest BCUT2D eigenvalue weighted by Crippen LogP contribution is 2.34. The Kier molecular flexibility index (Phi) is 7.12. The molecule has 1 N–H and O–H groups in total. The Morgan fingerprint density at radius 2 is 1.79 bits per heavy atom. The summed E-state index contributed by atoms with van der Waals surface area (Å²) in [4.78, 5) is 40.6. The number of ether oxygens (including phenoxy) is 3. The smallest absolute Gasteiger partial charge is 0.340 e. The third-order valence-electron chi connectivity index (χ3n) is 5.47. The first-order chi connectivity index (χ1) is 16.5. The summed E-state index contributed by atoms with van der Waals surface area (Å²) in [7, 11) is 2.89. The van der Waals surface area contributed by atoms with Gasteiger partial charge in [0.15, 0.2) is 18.1 Å². The summed E-state index contributed by atoms with van der Waals surface area (Å²) in [6, 6.07) is 14.0. The number of amides is 2. The summed E-state index contributed by atoms with van der Waals surface area (Å²) in [5.41, 5.74) is 2.17. The molecule has 34 heavy (non-hydrogen) atoms. The molecular formula is C25H24N2O6S. The van der Waals surface area contributed by atoms with E-state index >= 15 is 0 Å². The van der Waals surface area contributed by atoms with Crippen molar-refractivity contribution in [1.82, 2.24) is 0 Å². The van der Waals surface area contributed by atoms with Gasteiger partial charge in [0.1, 0.15) is 0 Å². The van der Waals surface area contributed by atoms with Crippen LogP contribution in [0.25, 0.3) is 0 Å². The van der Waals surface area contributed by atoms with Crippen LogP contribution in [0.5, 0.6) is 11.5 Å². The highest BCUT2D eigenvalue weighted by molar-refractivity contribution is 7.12. The quantitative estimate of drug-likeness (QED) is 0.511. The summed E-state index contributed by atoms with van der Waals surface area (Å²) in [6.45, 7) is 0.131. The number of para-hydroxylation sites is 1. The van der Waals surface area contributed by atoms with Crippen molar-refractivity contribution in [3.8, 4) is 11.5 Å². The molecule has 1 aliphatic rings. The number of aryl methyl sites for hydroxylation is 1. The Labute approximate surface area is 201 Å². The molecule has 0 spiro atoms. The third-order valence-corrected chi connectivity index (χ3v) is 6.34. The standard InChI is InChI=1S/C25H24N2O6S/c1-31-20-13-17(18(14-21(20)32-2)26-24(29)22-10-6-12-34-22)25(30)33-15-23(28)27-11-5-8-16-7-3-4-9-19(16)27/h3-4,6-7,9-10,12-14H,5,8,11,15H2,1-2H3,(H,26,29). The molecule has 8 nitrogen and oxygen atoms in total. The van der Waals surface area contributed by atoms with Crippen molar-refractivity contribution in [1.29, 1.82) is 0 Å². The molecule has 0 atom stereocenters. The van der Waals surface area contributed by atoms with Crippen molar-refractivity contribution >= 4 is 40.5 Å². The fourth-order valence-electron chi connectivity index (χ4n) is 3.82. The number of nitrogens with one attached hydrogen (secondary N) is 1. The maximum atomic E-state index is 13.0. The number of rotatable bonds is 7. The average Bonchev–Trinajstić information content (AvgIpc) is 3.41. The summed E-state index contributed by atoms with van der Waals surface area (Å²) < 4.78 is 16.0. The van der Waals surface area contributed by atoms with Crippen molar-refractivity contribution < 1.29 is 28.6 Å². The number of carbonyl (C=O) groups excluding carboxylic acids is 3. The van der Waals surface area contributed by atoms with Gasteiger partial charge in [0, 0.05) is 24.4 Å². The lowest BCUT2D eigenvalue weighted by Crippen LogP contribution is -2.38. The van der Waals surface area contributed by atoms with Crippen molar-refractivity contribution in [2.45, 2.75) is 12.8 Å². The molecule has 1 aliphatic heterocycles. The van der Waals surface area contributed by atoms with E-state index in [2.05, 4.69) is 5.32 Å². The van der Waals surface area contributed by atoms with Gasteiger partial charge in [0.25, 0.3) is 11.8 Å². The van der Waals surface area contributed by atoms with Gasteiger partial charge in [0.2, 0.25) is 0 Å². The van der Waals surface area contributed by atoms with Crippen LogP contribution in [-0.2, 0) is 16.0 Å². The van der Waals surface area contributed by atoms with Gasteiger partial charge in [-0.2, -0.15) is 0 Å². The molecule has 2 heterocycles. The molecule has 0 saturated heterocycles. The maximum absolute atomic E-state index is 13.0. The van der Waals surface area contributed by atoms with E-state index in [1.807, 2.05) is 24.3 Å². The van der Waals surface area contributed by atoms with E-state index in [0.717, 1.165) is 24.1 Å². The van der Waals surface area contributed by atoms with E-state index in [1.54, 1.807) is 22.4 Å². The van der Waals surface area contributed by atoms with Gasteiger partial charge in [0.05, 0.1) is 30.3 Å². The van der Waals surface area contributed by atoms with Gasteiger partial charge in [-0.25, -0.2) is 4.79 Å². The predicted octanol–water partition coefficient (Wildman–Crippen LogP) is 4.15. The Morgan fingerprint density at radius 3 is 2.53 bits per heavy atom. The van der Waals surface area contributed by atoms with E-state index in [9.17, 15) is 14.4 Å². The van der Waals surface area contributed by atoms with Gasteiger partial charge >= 0.3 is 5.97 Å². The van der Waals surface area contributed by atoms with Crippen LogP contribution < -0.4 is 19.7 Å². The molecule has 0 fully saturated rings. The van der Waals surface area contributed by atoms with E-state index in [0.29, 0.717) is 22.9 Å². The zero-order valence-electron chi connectivity index (χ0n) is 18.8. The molecule has 0 unspecified atom stereocenters. The van der Waals surface area contributed by atoms with Gasteiger partial charge in [-0.3, -0.25) is 9.59 Å². The second kappa shape index (κ2) is 10.4. The number of benzene rings is 2. The highest BCUT2D eigenvalue weighted by Gasteiger charge is 2.25. The minimum Gasteiger partial charge on any atom is -0.493 e. The molecule has 1 aromatic heterocycles. The van der Waals surface area contributed by atoms with Crippen LogP contribution >= 0.6 is 11.3 Å². The first kappa shape index (κ1) is 23.3. The molecule has 0 bridgehead atoms. The molecule has 2 amide bonds. The van der Waals surface area contributed by atoms with Gasteiger partial charge in [-0.15, -0.1) is 11.3 Å². The lowest BCUT2D eigenvalue weighted by molar-refractivity contribution is -0.121. The molecule has 0 saturated carbocycles. The number of anilines is 2. The zero-order chi connectivity index (χ0) is 24.1. The van der Waals surface area contributed by atoms with E-state index in [4.69, 9.17) is 14.2 Å². The summed E-state index contributed by atoms with van der Waals surface area (Å²) >= 11 is 1.27. The van der Waals surface area contributed by atoms with Crippen molar-refractivity contribution in [2.24, 2.45) is 0 Å². The van der Waals surface area contributed by atoms with Crippen molar-refractivity contribution in [3.05, 3.63) is 69.9 Å². The zero-order valence-corrected chi connectivity index (χ0v) is 19.6. The summed E-state index contributed by atoms with van der Waals surface area (Å²) in [5.74, 6) is -0.829. The van der Waals surface area contributed by atoms with Gasteiger partial charge in [-0.05, 0) is 35.9 Å². The molecule has 176 valence electrons. The number of esters is 1. The van der Waals surface area contributed by atoms with Crippen LogP contribution in [0.4, 0.5) is 11.4 Å². The first-order valence-corrected chi connectivity index (χ1v) is 11.6. The lowest BCUT2D eigenvalue weighted by atomic mass is 10.0. The molecular weight excluding hydrogens is 456 g/mol. The van der Waals surface area contributed by atoms with Crippen molar-refractivity contribution in [3.63, 3.8) is 0 Å². The monoisotopic (exact) mass is 480 g/mol. The third kappa shape index (κ3) is 4.89. The van der Waals surface area contributed by atoms with Crippen LogP contribution in [0.2, 0.25) is 0 Å². The fourth-order valence-corrected chi connectivity index (χ4v) is 4.44. The van der Waals surface area contributed by atoms with Crippen LogP contribution in [0, 0.1) is 0 Å². The lowest BCUT2D eigenvalue weighted by Gasteiger charge is -2.29. The Balaban J connectivity index is 1.54. The van der Waals surface area contributed by atoms with Crippen LogP contribution in [0.15, 0.2) is 53.9 Å². The second-order valence-electron chi connectivity index (χ2n) is 7.54. The Morgan fingerprint density at radius 1 is 1.03 bits per heavy atom. The van der Waals surface area contributed by atoms with Crippen LogP contribution in [0.3, 0.4) is 0 Å². The van der Waals surface area contributed by atoms with Gasteiger partial charge < -0.3 is 24.4 Å². The topological polar surface area (TPSA) is 94.2 Å². The summed E-state index contributed by atoms with van der Waals surface area (Å²) in [6.07, 6.45) is 1.74. The molecule has 0 aliphatic carbocycles. The SMILES string of the molecule is COc1cc(NC(=O)c2cccs2)c(C(=O)OCC(=O)N2CCCc3ccccc32)cc1OC. The number of thiophene rings is 1. The summed E-state index contributed by atoms with van der Waals surface area (Å²) in [5, 5.41) is 4.50. The molecule has 4 rings (SSSR count). The fraction of sp³-hybridized carbons (Fsp3) is 0.240. The van der Waals surface area contributed by atoms with E-state index in [-0.39, 0.29) is 23.1 Å². The van der Waals surface area contributed by atoms with Gasteiger partial charge in [-0.1, -0.05) is 24.3 Å².